The normalized spacial score (nSPS) is 15.3. The molecule has 3 rings (SSSR count). The number of unbranched alkanes of at least 4 members (excludes halogenated alkanes) is 1. The van der Waals surface area contributed by atoms with E-state index < -0.39 is 0 Å². The van der Waals surface area contributed by atoms with Crippen molar-refractivity contribution in [3.05, 3.63) is 77.0 Å². The van der Waals surface area contributed by atoms with Gasteiger partial charge in [0, 0.05) is 18.0 Å². The van der Waals surface area contributed by atoms with Crippen LogP contribution in [0.4, 0.5) is 4.39 Å². The van der Waals surface area contributed by atoms with Crippen LogP contribution in [0.3, 0.4) is 0 Å². The maximum atomic E-state index is 12.9. The molecule has 0 radical (unpaired) electrons. The maximum absolute atomic E-state index is 12.9. The molecule has 2 aromatic rings. The smallest absolute Gasteiger partial charge is 0.123 e. The van der Waals surface area contributed by atoms with E-state index in [0.29, 0.717) is 0 Å². The number of halogens is 1. The minimum atomic E-state index is -0.150. The molecule has 24 heavy (non-hydrogen) atoms. The summed E-state index contributed by atoms with van der Waals surface area (Å²) in [6.07, 6.45) is 6.93. The van der Waals surface area contributed by atoms with E-state index in [1.165, 1.54) is 21.8 Å². The highest BCUT2D eigenvalue weighted by Crippen LogP contribution is 2.30. The van der Waals surface area contributed by atoms with Crippen molar-refractivity contribution < 1.29 is 4.39 Å². The van der Waals surface area contributed by atoms with Gasteiger partial charge in [-0.15, -0.1) is 0 Å². The molecule has 1 aliphatic heterocycles. The molecule has 2 aromatic carbocycles. The highest BCUT2D eigenvalue weighted by molar-refractivity contribution is 8.03. The Morgan fingerprint density at radius 3 is 2.46 bits per heavy atom. The predicted octanol–water partition coefficient (Wildman–Crippen LogP) is 5.53. The van der Waals surface area contributed by atoms with Gasteiger partial charge in [0.2, 0.25) is 0 Å². The highest BCUT2D eigenvalue weighted by atomic mass is 32.2. The van der Waals surface area contributed by atoms with Crippen LogP contribution in [0.15, 0.2) is 70.5 Å². The lowest BCUT2D eigenvalue weighted by atomic mass is 10.1. The molecular formula is C21H24FNS. The molecule has 0 amide bonds. The maximum Gasteiger partial charge on any atom is 0.123 e. The van der Waals surface area contributed by atoms with Gasteiger partial charge >= 0.3 is 0 Å². The van der Waals surface area contributed by atoms with Crippen LogP contribution in [0, 0.1) is 5.82 Å². The molecular weight excluding hydrogens is 317 g/mol. The van der Waals surface area contributed by atoms with Gasteiger partial charge in [0.15, 0.2) is 0 Å². The zero-order valence-electron chi connectivity index (χ0n) is 14.0. The van der Waals surface area contributed by atoms with Gasteiger partial charge in [0.05, 0.1) is 0 Å². The van der Waals surface area contributed by atoms with Crippen molar-refractivity contribution in [2.75, 3.05) is 19.6 Å². The van der Waals surface area contributed by atoms with Gasteiger partial charge in [-0.3, -0.25) is 4.90 Å². The SMILES string of the molecule is Fc1ccc(CCCCN2CC=C(Sc3ccccc3)CC2)cc1. The lowest BCUT2D eigenvalue weighted by molar-refractivity contribution is 0.291. The summed E-state index contributed by atoms with van der Waals surface area (Å²) in [5, 5.41) is 0. The first-order valence-electron chi connectivity index (χ1n) is 8.68. The summed E-state index contributed by atoms with van der Waals surface area (Å²) >= 11 is 1.90. The number of hydrogen-bond acceptors (Lipinski definition) is 2. The molecule has 0 saturated carbocycles. The van der Waals surface area contributed by atoms with E-state index in [1.54, 1.807) is 12.1 Å². The molecule has 0 N–H and O–H groups in total. The largest absolute Gasteiger partial charge is 0.299 e. The number of hydrogen-bond donors (Lipinski definition) is 0. The van der Waals surface area contributed by atoms with Crippen molar-refractivity contribution in [1.82, 2.24) is 4.90 Å². The molecule has 0 spiro atoms. The second kappa shape index (κ2) is 9.05. The zero-order chi connectivity index (χ0) is 16.6. The summed E-state index contributed by atoms with van der Waals surface area (Å²) in [5.41, 5.74) is 1.23. The van der Waals surface area contributed by atoms with Crippen LogP contribution in [0.1, 0.15) is 24.8 Å². The second-order valence-electron chi connectivity index (χ2n) is 6.22. The Bertz CT molecular complexity index is 651. The summed E-state index contributed by atoms with van der Waals surface area (Å²) in [6.45, 7) is 3.37. The molecule has 0 aliphatic carbocycles. The Labute approximate surface area is 148 Å². The molecule has 0 atom stereocenters. The molecule has 1 nitrogen and oxygen atoms in total. The Morgan fingerprint density at radius 2 is 1.75 bits per heavy atom. The third kappa shape index (κ3) is 5.50. The fourth-order valence-corrected chi connectivity index (χ4v) is 3.89. The number of thioether (sulfide) groups is 1. The van der Waals surface area contributed by atoms with Gasteiger partial charge in [-0.05, 0) is 67.0 Å². The van der Waals surface area contributed by atoms with Crippen LogP contribution in [0.25, 0.3) is 0 Å². The monoisotopic (exact) mass is 341 g/mol. The predicted molar refractivity (Wildman–Crippen MR) is 101 cm³/mol. The average molecular weight is 341 g/mol. The fourth-order valence-electron chi connectivity index (χ4n) is 2.94. The average Bonchev–Trinajstić information content (AvgIpc) is 2.62. The van der Waals surface area contributed by atoms with E-state index in [0.717, 1.165) is 38.9 Å². The Balaban J connectivity index is 1.35. The summed E-state index contributed by atoms with van der Waals surface area (Å²) in [5.74, 6) is -0.150. The van der Waals surface area contributed by atoms with Crippen LogP contribution >= 0.6 is 11.8 Å². The van der Waals surface area contributed by atoms with E-state index in [-0.39, 0.29) is 5.82 Å². The van der Waals surface area contributed by atoms with Gasteiger partial charge in [0.25, 0.3) is 0 Å². The van der Waals surface area contributed by atoms with E-state index in [2.05, 4.69) is 41.3 Å². The van der Waals surface area contributed by atoms with E-state index >= 15 is 0 Å². The molecule has 0 fully saturated rings. The van der Waals surface area contributed by atoms with E-state index in [4.69, 9.17) is 0 Å². The Morgan fingerprint density at radius 1 is 0.958 bits per heavy atom. The standard InChI is InChI=1S/C21H24FNS/c22-19-11-9-18(10-12-19)6-4-5-15-23-16-13-21(14-17-23)24-20-7-2-1-3-8-20/h1-3,7-13H,4-6,14-17H2. The topological polar surface area (TPSA) is 3.24 Å². The summed E-state index contributed by atoms with van der Waals surface area (Å²) in [6, 6.07) is 17.5. The van der Waals surface area contributed by atoms with Crippen molar-refractivity contribution in [1.29, 1.82) is 0 Å². The zero-order valence-corrected chi connectivity index (χ0v) is 14.8. The second-order valence-corrected chi connectivity index (χ2v) is 7.42. The summed E-state index contributed by atoms with van der Waals surface area (Å²) in [7, 11) is 0. The van der Waals surface area contributed by atoms with Crippen LogP contribution in [-0.4, -0.2) is 24.5 Å². The fraction of sp³-hybridized carbons (Fsp3) is 0.333. The lowest BCUT2D eigenvalue weighted by Gasteiger charge is -2.26. The van der Waals surface area contributed by atoms with Crippen molar-refractivity contribution in [3.63, 3.8) is 0 Å². The van der Waals surface area contributed by atoms with Crippen molar-refractivity contribution in [2.24, 2.45) is 0 Å². The molecule has 0 bridgehead atoms. The van der Waals surface area contributed by atoms with E-state index in [1.807, 2.05) is 23.9 Å². The Hall–Kier alpha value is -1.58. The first kappa shape index (κ1) is 17.2. The van der Waals surface area contributed by atoms with Crippen LogP contribution in [0.2, 0.25) is 0 Å². The van der Waals surface area contributed by atoms with Gasteiger partial charge in [-0.25, -0.2) is 4.39 Å². The van der Waals surface area contributed by atoms with Crippen LogP contribution in [-0.2, 0) is 6.42 Å². The number of aryl methyl sites for hydroxylation is 1. The molecule has 3 heteroatoms. The minimum absolute atomic E-state index is 0.150. The number of benzene rings is 2. The van der Waals surface area contributed by atoms with Crippen LogP contribution < -0.4 is 0 Å². The third-order valence-corrected chi connectivity index (χ3v) is 5.49. The first-order valence-corrected chi connectivity index (χ1v) is 9.50. The Kier molecular flexibility index (Phi) is 6.50. The van der Waals surface area contributed by atoms with Gasteiger partial charge in [-0.2, -0.15) is 0 Å². The molecule has 0 unspecified atom stereocenters. The van der Waals surface area contributed by atoms with Crippen molar-refractivity contribution in [3.8, 4) is 0 Å². The van der Waals surface area contributed by atoms with Crippen LogP contribution in [0.5, 0.6) is 0 Å². The van der Waals surface area contributed by atoms with Crippen molar-refractivity contribution in [2.45, 2.75) is 30.6 Å². The van der Waals surface area contributed by atoms with Crippen molar-refractivity contribution >= 4 is 11.8 Å². The van der Waals surface area contributed by atoms with Gasteiger partial charge < -0.3 is 0 Å². The number of nitrogens with zero attached hydrogens (tertiary/aromatic N) is 1. The molecule has 1 heterocycles. The molecule has 126 valence electrons. The minimum Gasteiger partial charge on any atom is -0.299 e. The lowest BCUT2D eigenvalue weighted by Crippen LogP contribution is -2.29. The summed E-state index contributed by atoms with van der Waals surface area (Å²) in [4.78, 5) is 5.35. The highest BCUT2D eigenvalue weighted by Gasteiger charge is 2.12. The van der Waals surface area contributed by atoms with Gasteiger partial charge in [-0.1, -0.05) is 48.2 Å². The summed E-state index contributed by atoms with van der Waals surface area (Å²) < 4.78 is 12.9. The molecule has 0 saturated heterocycles. The number of rotatable bonds is 7. The van der Waals surface area contributed by atoms with E-state index in [9.17, 15) is 4.39 Å². The molecule has 0 aromatic heterocycles. The quantitative estimate of drug-likeness (QED) is 0.609. The van der Waals surface area contributed by atoms with Gasteiger partial charge in [0.1, 0.15) is 5.82 Å². The first-order chi connectivity index (χ1) is 11.8. The molecule has 1 aliphatic rings. The third-order valence-electron chi connectivity index (χ3n) is 4.35.